The number of hydrogen-bond acceptors (Lipinski definition) is 6. The van der Waals surface area contributed by atoms with Crippen molar-refractivity contribution in [1.82, 2.24) is 14.8 Å². The highest BCUT2D eigenvalue weighted by atomic mass is 32.2. The highest BCUT2D eigenvalue weighted by molar-refractivity contribution is 7.99. The lowest BCUT2D eigenvalue weighted by Crippen LogP contribution is -2.14. The van der Waals surface area contributed by atoms with E-state index in [1.54, 1.807) is 12.1 Å². The van der Waals surface area contributed by atoms with Gasteiger partial charge in [-0.2, -0.15) is 0 Å². The summed E-state index contributed by atoms with van der Waals surface area (Å²) in [6, 6.07) is 6.66. The quantitative estimate of drug-likeness (QED) is 0.728. The largest absolute Gasteiger partial charge is 0.325 e. The first kappa shape index (κ1) is 17.5. The van der Waals surface area contributed by atoms with Crippen LogP contribution in [-0.4, -0.2) is 41.1 Å². The molecule has 7 nitrogen and oxygen atoms in total. The molecule has 1 aromatic carbocycles. The standard InChI is InChI=1S/C17H20N4O3S2/c1-26(23,24)14-8-4-12(5-9-14)18-15(22)10-25-17-20-19-16(11-2-3-11)21(17)13-6-7-13/h4-5,8-9,11,13H,2-3,6-7,10H2,1H3,(H,18,22). The Balaban J connectivity index is 1.37. The van der Waals surface area contributed by atoms with E-state index in [0.29, 0.717) is 17.6 Å². The molecule has 138 valence electrons. The van der Waals surface area contributed by atoms with Gasteiger partial charge in [0.25, 0.3) is 0 Å². The Bertz CT molecular complexity index is 929. The molecular formula is C17H20N4O3S2. The number of hydrogen-bond donors (Lipinski definition) is 1. The fourth-order valence-corrected chi connectivity index (χ4v) is 4.24. The molecule has 1 N–H and O–H groups in total. The minimum atomic E-state index is -3.24. The summed E-state index contributed by atoms with van der Waals surface area (Å²) in [4.78, 5) is 12.4. The topological polar surface area (TPSA) is 93.9 Å². The number of carbonyl (C=O) groups excluding carboxylic acids is 1. The minimum Gasteiger partial charge on any atom is -0.325 e. The minimum absolute atomic E-state index is 0.152. The summed E-state index contributed by atoms with van der Waals surface area (Å²) < 4.78 is 25.2. The van der Waals surface area contributed by atoms with Gasteiger partial charge in [-0.1, -0.05) is 11.8 Å². The van der Waals surface area contributed by atoms with Crippen LogP contribution < -0.4 is 5.32 Å². The Morgan fingerprint density at radius 2 is 1.88 bits per heavy atom. The van der Waals surface area contributed by atoms with Crippen molar-refractivity contribution >= 4 is 33.2 Å². The van der Waals surface area contributed by atoms with Gasteiger partial charge in [0.1, 0.15) is 5.82 Å². The highest BCUT2D eigenvalue weighted by Gasteiger charge is 2.36. The molecule has 0 spiro atoms. The summed E-state index contributed by atoms with van der Waals surface area (Å²) in [5.74, 6) is 1.70. The Morgan fingerprint density at radius 1 is 1.19 bits per heavy atom. The number of nitrogens with one attached hydrogen (secondary N) is 1. The molecule has 26 heavy (non-hydrogen) atoms. The number of sulfone groups is 1. The molecule has 0 bridgehead atoms. The predicted molar refractivity (Wildman–Crippen MR) is 99.2 cm³/mol. The average Bonchev–Trinajstić information content (AvgIpc) is 3.51. The van der Waals surface area contributed by atoms with Crippen molar-refractivity contribution in [2.75, 3.05) is 17.3 Å². The van der Waals surface area contributed by atoms with Gasteiger partial charge in [0.15, 0.2) is 15.0 Å². The smallest absolute Gasteiger partial charge is 0.234 e. The van der Waals surface area contributed by atoms with Crippen LogP contribution in [0.4, 0.5) is 5.69 Å². The Labute approximate surface area is 156 Å². The lowest BCUT2D eigenvalue weighted by Gasteiger charge is -2.08. The first-order valence-electron chi connectivity index (χ1n) is 8.59. The number of carbonyl (C=O) groups is 1. The first-order chi connectivity index (χ1) is 12.4. The van der Waals surface area contributed by atoms with Crippen molar-refractivity contribution in [1.29, 1.82) is 0 Å². The van der Waals surface area contributed by atoms with Gasteiger partial charge in [-0.05, 0) is 49.9 Å². The number of benzene rings is 1. The van der Waals surface area contributed by atoms with E-state index in [4.69, 9.17) is 0 Å². The van der Waals surface area contributed by atoms with Crippen molar-refractivity contribution in [3.63, 3.8) is 0 Å². The second-order valence-electron chi connectivity index (χ2n) is 6.85. The summed E-state index contributed by atoms with van der Waals surface area (Å²) in [7, 11) is -3.24. The second-order valence-corrected chi connectivity index (χ2v) is 9.81. The molecule has 9 heteroatoms. The fourth-order valence-electron chi connectivity index (χ4n) is 2.80. The third-order valence-corrected chi connectivity index (χ3v) is 6.52. The molecule has 2 aliphatic carbocycles. The van der Waals surface area contributed by atoms with Crippen molar-refractivity contribution in [3.05, 3.63) is 30.1 Å². The normalized spacial score (nSPS) is 17.3. The van der Waals surface area contributed by atoms with Crippen molar-refractivity contribution in [2.24, 2.45) is 0 Å². The van der Waals surface area contributed by atoms with E-state index in [1.165, 1.54) is 36.7 Å². The zero-order valence-corrected chi connectivity index (χ0v) is 16.0. The van der Waals surface area contributed by atoms with Gasteiger partial charge in [0.05, 0.1) is 10.6 Å². The van der Waals surface area contributed by atoms with E-state index in [2.05, 4.69) is 20.1 Å². The molecule has 0 unspecified atom stereocenters. The molecule has 1 amide bonds. The van der Waals surface area contributed by atoms with Crippen LogP contribution in [0.1, 0.15) is 43.5 Å². The van der Waals surface area contributed by atoms with Crippen LogP contribution in [0.3, 0.4) is 0 Å². The van der Waals surface area contributed by atoms with Crippen LogP contribution in [0, 0.1) is 0 Å². The van der Waals surface area contributed by atoms with Crippen LogP contribution in [-0.2, 0) is 14.6 Å². The van der Waals surface area contributed by atoms with Gasteiger partial charge in [0.2, 0.25) is 5.91 Å². The monoisotopic (exact) mass is 392 g/mol. The molecule has 2 fully saturated rings. The van der Waals surface area contributed by atoms with E-state index in [1.807, 2.05) is 0 Å². The molecule has 0 atom stereocenters. The summed E-state index contributed by atoms with van der Waals surface area (Å²) in [6.45, 7) is 0. The van der Waals surface area contributed by atoms with E-state index in [0.717, 1.165) is 30.1 Å². The van der Waals surface area contributed by atoms with Gasteiger partial charge in [-0.3, -0.25) is 4.79 Å². The summed E-state index contributed by atoms with van der Waals surface area (Å²) in [6.07, 6.45) is 5.83. The predicted octanol–water partition coefficient (Wildman–Crippen LogP) is 2.62. The molecule has 4 rings (SSSR count). The Hall–Kier alpha value is -1.87. The van der Waals surface area contributed by atoms with Gasteiger partial charge in [-0.25, -0.2) is 8.42 Å². The highest BCUT2D eigenvalue weighted by Crippen LogP contribution is 2.45. The maximum absolute atomic E-state index is 12.2. The molecule has 2 saturated carbocycles. The SMILES string of the molecule is CS(=O)(=O)c1ccc(NC(=O)CSc2nnc(C3CC3)n2C2CC2)cc1. The van der Waals surface area contributed by atoms with Gasteiger partial charge in [0, 0.05) is 23.9 Å². The lowest BCUT2D eigenvalue weighted by molar-refractivity contribution is -0.113. The van der Waals surface area contributed by atoms with Crippen LogP contribution in [0.5, 0.6) is 0 Å². The number of aromatic nitrogens is 3. The Morgan fingerprint density at radius 3 is 2.46 bits per heavy atom. The maximum Gasteiger partial charge on any atom is 0.234 e. The Kier molecular flexibility index (Phi) is 4.52. The second kappa shape index (κ2) is 6.70. The molecule has 2 aliphatic rings. The van der Waals surface area contributed by atoms with Gasteiger partial charge < -0.3 is 9.88 Å². The summed E-state index contributed by atoms with van der Waals surface area (Å²) >= 11 is 1.40. The third-order valence-electron chi connectivity index (χ3n) is 4.44. The number of thioether (sulfide) groups is 1. The summed E-state index contributed by atoms with van der Waals surface area (Å²) in [5, 5.41) is 12.2. The van der Waals surface area contributed by atoms with Crippen molar-refractivity contribution in [3.8, 4) is 0 Å². The maximum atomic E-state index is 12.2. The zero-order valence-electron chi connectivity index (χ0n) is 14.4. The molecule has 0 aliphatic heterocycles. The van der Waals surface area contributed by atoms with Crippen molar-refractivity contribution in [2.45, 2.75) is 47.7 Å². The number of rotatable bonds is 7. The van der Waals surface area contributed by atoms with Crippen LogP contribution in [0.25, 0.3) is 0 Å². The van der Waals surface area contributed by atoms with Gasteiger partial charge >= 0.3 is 0 Å². The molecular weight excluding hydrogens is 372 g/mol. The molecule has 1 aromatic heterocycles. The molecule has 0 radical (unpaired) electrons. The zero-order chi connectivity index (χ0) is 18.3. The molecule has 1 heterocycles. The number of nitrogens with zero attached hydrogens (tertiary/aromatic N) is 3. The number of amides is 1. The fraction of sp³-hybridized carbons (Fsp3) is 0.471. The first-order valence-corrected chi connectivity index (χ1v) is 11.5. The average molecular weight is 393 g/mol. The van der Waals surface area contributed by atoms with Crippen LogP contribution >= 0.6 is 11.8 Å². The molecule has 2 aromatic rings. The number of anilines is 1. The lowest BCUT2D eigenvalue weighted by atomic mass is 10.3. The van der Waals surface area contributed by atoms with Crippen molar-refractivity contribution < 1.29 is 13.2 Å². The van der Waals surface area contributed by atoms with E-state index in [-0.39, 0.29) is 16.6 Å². The van der Waals surface area contributed by atoms with Crippen LogP contribution in [0.2, 0.25) is 0 Å². The van der Waals surface area contributed by atoms with Crippen LogP contribution in [0.15, 0.2) is 34.3 Å². The van der Waals surface area contributed by atoms with E-state index in [9.17, 15) is 13.2 Å². The third kappa shape index (κ3) is 3.93. The van der Waals surface area contributed by atoms with E-state index >= 15 is 0 Å². The molecule has 0 saturated heterocycles. The summed E-state index contributed by atoms with van der Waals surface area (Å²) in [5.41, 5.74) is 0.574. The van der Waals surface area contributed by atoms with Gasteiger partial charge in [-0.15, -0.1) is 10.2 Å². The van der Waals surface area contributed by atoms with E-state index < -0.39 is 9.84 Å².